The topological polar surface area (TPSA) is 96.8 Å². The molecule has 0 radical (unpaired) electrons. The Morgan fingerprint density at radius 3 is 2.23 bits per heavy atom. The van der Waals surface area contributed by atoms with E-state index in [0.717, 1.165) is 5.56 Å². The van der Waals surface area contributed by atoms with Gasteiger partial charge in [-0.25, -0.2) is 8.42 Å². The second kappa shape index (κ2) is 7.58. The molecule has 2 aromatic rings. The Morgan fingerprint density at radius 2 is 1.69 bits per heavy atom. The maximum absolute atomic E-state index is 12.6. The molecule has 1 aromatic carbocycles. The molecule has 0 bridgehead atoms. The van der Waals surface area contributed by atoms with Gasteiger partial charge in [-0.2, -0.15) is 4.31 Å². The number of hydrogen-bond donors (Lipinski definition) is 1. The van der Waals surface area contributed by atoms with Gasteiger partial charge >= 0.3 is 0 Å². The summed E-state index contributed by atoms with van der Waals surface area (Å²) in [7, 11) is -3.81. The van der Waals surface area contributed by atoms with Gasteiger partial charge in [0.1, 0.15) is 0 Å². The number of halogens is 2. The van der Waals surface area contributed by atoms with E-state index in [4.69, 9.17) is 33.4 Å². The first-order valence-corrected chi connectivity index (χ1v) is 10.0. The molecule has 3 rings (SSSR count). The predicted molar refractivity (Wildman–Crippen MR) is 97.7 cm³/mol. The van der Waals surface area contributed by atoms with Crippen molar-refractivity contribution in [1.29, 1.82) is 0 Å². The number of furan rings is 1. The van der Waals surface area contributed by atoms with Crippen LogP contribution in [0.1, 0.15) is 16.1 Å². The number of sulfonamides is 1. The monoisotopic (exact) mass is 417 g/mol. The van der Waals surface area contributed by atoms with E-state index in [2.05, 4.69) is 4.90 Å². The first-order chi connectivity index (χ1) is 12.3. The number of benzene rings is 1. The smallest absolute Gasteiger partial charge is 0.284 e. The molecule has 1 aliphatic heterocycles. The van der Waals surface area contributed by atoms with Crippen molar-refractivity contribution in [2.24, 2.45) is 5.73 Å². The second-order valence-corrected chi connectivity index (χ2v) is 8.55. The van der Waals surface area contributed by atoms with E-state index >= 15 is 0 Å². The second-order valence-electron chi connectivity index (χ2n) is 5.86. The largest absolute Gasteiger partial charge is 0.438 e. The van der Waals surface area contributed by atoms with Crippen LogP contribution < -0.4 is 5.73 Å². The van der Waals surface area contributed by atoms with Gasteiger partial charge in [0.2, 0.25) is 5.09 Å². The lowest BCUT2D eigenvalue weighted by Crippen LogP contribution is -2.48. The van der Waals surface area contributed by atoms with Gasteiger partial charge in [0.05, 0.1) is 0 Å². The third-order valence-electron chi connectivity index (χ3n) is 4.19. The molecular weight excluding hydrogens is 401 g/mol. The summed E-state index contributed by atoms with van der Waals surface area (Å²) < 4.78 is 31.6. The van der Waals surface area contributed by atoms with Crippen LogP contribution in [-0.2, 0) is 16.6 Å². The van der Waals surface area contributed by atoms with Crippen LogP contribution in [0.15, 0.2) is 39.8 Å². The molecule has 2 heterocycles. The molecule has 1 fully saturated rings. The quantitative estimate of drug-likeness (QED) is 0.803. The number of piperazine rings is 1. The van der Waals surface area contributed by atoms with Crippen molar-refractivity contribution in [2.75, 3.05) is 26.2 Å². The first kappa shape index (κ1) is 19.2. The average Bonchev–Trinajstić information content (AvgIpc) is 3.10. The third kappa shape index (κ3) is 3.89. The maximum Gasteiger partial charge on any atom is 0.284 e. The molecule has 0 atom stereocenters. The predicted octanol–water partition coefficient (Wildman–Crippen LogP) is 2.19. The van der Waals surface area contributed by atoms with E-state index in [1.54, 1.807) is 18.2 Å². The highest BCUT2D eigenvalue weighted by Crippen LogP contribution is 2.27. The van der Waals surface area contributed by atoms with Crippen LogP contribution in [0.5, 0.6) is 0 Å². The molecular formula is C16H17Cl2N3O4S. The van der Waals surface area contributed by atoms with Gasteiger partial charge in [0, 0.05) is 48.3 Å². The van der Waals surface area contributed by atoms with Crippen molar-refractivity contribution in [3.05, 3.63) is 51.7 Å². The fraction of sp³-hybridized carbons (Fsp3) is 0.312. The van der Waals surface area contributed by atoms with Gasteiger partial charge in [-0.05, 0) is 24.3 Å². The molecule has 10 heteroatoms. The maximum atomic E-state index is 12.6. The number of amides is 1. The van der Waals surface area contributed by atoms with Gasteiger partial charge in [0.25, 0.3) is 15.9 Å². The van der Waals surface area contributed by atoms with Gasteiger partial charge in [-0.3, -0.25) is 9.69 Å². The number of carbonyl (C=O) groups is 1. The molecule has 0 saturated carbocycles. The summed E-state index contributed by atoms with van der Waals surface area (Å²) in [5, 5.41) is 0.887. The molecule has 0 aliphatic carbocycles. The Kier molecular flexibility index (Phi) is 5.59. The SMILES string of the molecule is NC(=O)c1ccc(S(=O)(=O)N2CCN(Cc3c(Cl)cccc3Cl)CC2)o1. The van der Waals surface area contributed by atoms with Crippen LogP contribution in [0.2, 0.25) is 10.0 Å². The van der Waals surface area contributed by atoms with E-state index in [9.17, 15) is 13.2 Å². The van der Waals surface area contributed by atoms with Crippen LogP contribution in [-0.4, -0.2) is 49.7 Å². The van der Waals surface area contributed by atoms with Crippen LogP contribution in [0, 0.1) is 0 Å². The highest BCUT2D eigenvalue weighted by Gasteiger charge is 2.31. The van der Waals surface area contributed by atoms with Crippen LogP contribution in [0.25, 0.3) is 0 Å². The van der Waals surface area contributed by atoms with Crippen molar-refractivity contribution in [3.8, 4) is 0 Å². The minimum atomic E-state index is -3.81. The van der Waals surface area contributed by atoms with E-state index in [1.807, 2.05) is 0 Å². The number of primary amides is 1. The number of hydrogen-bond acceptors (Lipinski definition) is 5. The van der Waals surface area contributed by atoms with Crippen molar-refractivity contribution < 1.29 is 17.6 Å². The van der Waals surface area contributed by atoms with E-state index in [-0.39, 0.29) is 23.9 Å². The highest BCUT2D eigenvalue weighted by atomic mass is 35.5. The van der Waals surface area contributed by atoms with Crippen molar-refractivity contribution in [3.63, 3.8) is 0 Å². The van der Waals surface area contributed by atoms with Crippen LogP contribution in [0.4, 0.5) is 0 Å². The highest BCUT2D eigenvalue weighted by molar-refractivity contribution is 7.89. The molecule has 26 heavy (non-hydrogen) atoms. The number of nitrogens with two attached hydrogens (primary N) is 1. The molecule has 1 aliphatic rings. The lowest BCUT2D eigenvalue weighted by Gasteiger charge is -2.33. The van der Waals surface area contributed by atoms with Gasteiger partial charge in [-0.15, -0.1) is 0 Å². The minimum absolute atomic E-state index is 0.185. The summed E-state index contributed by atoms with van der Waals surface area (Å²) in [4.78, 5) is 13.2. The third-order valence-corrected chi connectivity index (χ3v) is 6.67. The summed E-state index contributed by atoms with van der Waals surface area (Å²) in [5.41, 5.74) is 5.92. The number of nitrogens with zero attached hydrogens (tertiary/aromatic N) is 2. The van der Waals surface area contributed by atoms with E-state index < -0.39 is 15.9 Å². The minimum Gasteiger partial charge on any atom is -0.438 e. The fourth-order valence-electron chi connectivity index (χ4n) is 2.75. The normalized spacial score (nSPS) is 16.7. The number of rotatable bonds is 5. The summed E-state index contributed by atoms with van der Waals surface area (Å²) >= 11 is 12.4. The molecule has 1 aromatic heterocycles. The van der Waals surface area contributed by atoms with Crippen LogP contribution in [0.3, 0.4) is 0 Å². The van der Waals surface area contributed by atoms with Gasteiger partial charge in [-0.1, -0.05) is 29.3 Å². The number of carbonyl (C=O) groups excluding carboxylic acids is 1. The van der Waals surface area contributed by atoms with Crippen molar-refractivity contribution in [2.45, 2.75) is 11.6 Å². The lowest BCUT2D eigenvalue weighted by atomic mass is 10.2. The Bertz CT molecular complexity index is 901. The Morgan fingerprint density at radius 1 is 1.08 bits per heavy atom. The molecule has 1 saturated heterocycles. The van der Waals surface area contributed by atoms with Crippen molar-refractivity contribution in [1.82, 2.24) is 9.21 Å². The summed E-state index contributed by atoms with van der Waals surface area (Å²) in [5.74, 6) is -0.997. The average molecular weight is 418 g/mol. The van der Waals surface area contributed by atoms with Crippen molar-refractivity contribution >= 4 is 39.1 Å². The Balaban J connectivity index is 1.67. The van der Waals surface area contributed by atoms with Crippen LogP contribution >= 0.6 is 23.2 Å². The molecule has 2 N–H and O–H groups in total. The Hall–Kier alpha value is -1.58. The Labute approximate surface area is 161 Å². The summed E-state index contributed by atoms with van der Waals surface area (Å²) in [6.45, 7) is 2.15. The molecule has 1 amide bonds. The molecule has 0 unspecified atom stereocenters. The zero-order valence-corrected chi connectivity index (χ0v) is 16.0. The first-order valence-electron chi connectivity index (χ1n) is 7.84. The van der Waals surface area contributed by atoms with E-state index in [0.29, 0.717) is 29.7 Å². The summed E-state index contributed by atoms with van der Waals surface area (Å²) in [6.07, 6.45) is 0. The molecule has 0 spiro atoms. The van der Waals surface area contributed by atoms with Gasteiger partial charge < -0.3 is 10.2 Å². The summed E-state index contributed by atoms with van der Waals surface area (Å²) in [6, 6.07) is 7.83. The standard InChI is InChI=1S/C16H17Cl2N3O4S/c17-12-2-1-3-13(18)11(12)10-20-6-8-21(9-7-20)26(23,24)15-5-4-14(25-15)16(19)22/h1-5H,6-10H2,(H2,19,22). The zero-order valence-electron chi connectivity index (χ0n) is 13.7. The molecule has 140 valence electrons. The van der Waals surface area contributed by atoms with E-state index in [1.165, 1.54) is 16.4 Å². The van der Waals surface area contributed by atoms with Gasteiger partial charge in [0.15, 0.2) is 5.76 Å². The zero-order chi connectivity index (χ0) is 18.9. The fourth-order valence-corrected chi connectivity index (χ4v) is 4.60. The lowest BCUT2D eigenvalue weighted by molar-refractivity contribution is 0.0968. The molecule has 7 nitrogen and oxygen atoms in total.